The number of rotatable bonds is 0. The molecule has 0 aromatic rings. The van der Waals surface area contributed by atoms with Gasteiger partial charge >= 0.3 is 0 Å². The van der Waals surface area contributed by atoms with E-state index in [-0.39, 0.29) is 0 Å². The molecule has 0 bridgehead atoms. The highest BCUT2D eigenvalue weighted by Crippen LogP contribution is 2.13. The summed E-state index contributed by atoms with van der Waals surface area (Å²) in [6, 6.07) is 0. The maximum Gasteiger partial charge on any atom is 0.0255 e. The van der Waals surface area contributed by atoms with Gasteiger partial charge in [-0.1, -0.05) is 0 Å². The number of hydrogen-bond acceptors (Lipinski definition) is 5. The Balaban J connectivity index is 2.20. The molecule has 2 N–H and O–H groups in total. The molecule has 2 nitrogen and oxygen atoms in total. The summed E-state index contributed by atoms with van der Waals surface area (Å²) in [6.45, 7) is 0. The first-order chi connectivity index (χ1) is 3.50. The number of hydrogen-bond donors (Lipinski definition) is 2. The summed E-state index contributed by atoms with van der Waals surface area (Å²) in [5.74, 6) is 0. The zero-order chi connectivity index (χ0) is 4.95. The smallest absolute Gasteiger partial charge is 0.0255 e. The van der Waals surface area contributed by atoms with Gasteiger partial charge in [-0.15, -0.1) is 0 Å². The zero-order valence-corrected chi connectivity index (χ0v) is 5.83. The van der Waals surface area contributed by atoms with Crippen molar-refractivity contribution >= 4 is 36.0 Å². The van der Waals surface area contributed by atoms with Gasteiger partial charge in [0.25, 0.3) is 0 Å². The van der Waals surface area contributed by atoms with Crippen LogP contribution in [-0.2, 0) is 0 Å². The van der Waals surface area contributed by atoms with Crippen molar-refractivity contribution in [2.45, 2.75) is 0 Å². The second-order valence-electron chi connectivity index (χ2n) is 0.777. The third kappa shape index (κ3) is 2.50. The first kappa shape index (κ1) is 5.84. The lowest BCUT2D eigenvalue weighted by Crippen LogP contribution is -1.93. The Morgan fingerprint density at radius 2 is 1.57 bits per heavy atom. The first-order valence-electron chi connectivity index (χ1n) is 1.62. The van der Waals surface area contributed by atoms with Crippen molar-refractivity contribution in [1.29, 1.82) is 0 Å². The average molecular weight is 152 g/mol. The Morgan fingerprint density at radius 3 is 2.14 bits per heavy atom. The molecule has 0 saturated heterocycles. The zero-order valence-electron chi connectivity index (χ0n) is 3.38. The average Bonchev–Trinajstić information content (AvgIpc) is 1.90. The van der Waals surface area contributed by atoms with E-state index in [0.29, 0.717) is 0 Å². The summed E-state index contributed by atoms with van der Waals surface area (Å²) in [4.78, 5) is 0. The summed E-state index contributed by atoms with van der Waals surface area (Å²) in [6.07, 6.45) is 0. The molecule has 0 aliphatic carbocycles. The van der Waals surface area contributed by atoms with Crippen molar-refractivity contribution in [3.63, 3.8) is 0 Å². The van der Waals surface area contributed by atoms with Crippen molar-refractivity contribution in [2.75, 3.05) is 0 Å². The molecule has 1 aliphatic rings. The molecule has 1 rings (SSSR count). The Labute approximate surface area is 55.4 Å². The molecule has 0 unspecified atom stereocenters. The van der Waals surface area contributed by atoms with Crippen molar-refractivity contribution in [2.24, 2.45) is 0 Å². The molecule has 7 heavy (non-hydrogen) atoms. The van der Waals surface area contributed by atoms with Gasteiger partial charge in [0.2, 0.25) is 0 Å². The lowest BCUT2D eigenvalue weighted by atomic mass is 11.3. The van der Waals surface area contributed by atoms with E-state index in [9.17, 15) is 0 Å². The van der Waals surface area contributed by atoms with Crippen LogP contribution in [0.25, 0.3) is 0 Å². The lowest BCUT2D eigenvalue weighted by Gasteiger charge is -1.90. The van der Waals surface area contributed by atoms with E-state index in [2.05, 4.69) is 8.25 Å². The third-order valence-corrected chi connectivity index (χ3v) is 2.52. The molecule has 0 aromatic carbocycles. The minimum atomic E-state index is 1.48. The van der Waals surface area contributed by atoms with Gasteiger partial charge < -0.3 is 0 Å². The van der Waals surface area contributed by atoms with Crippen LogP contribution in [0.2, 0.25) is 0 Å². The Kier molecular flexibility index (Phi) is 3.07. The second-order valence-corrected chi connectivity index (χ2v) is 3.33. The molecule has 40 valence electrons. The van der Waals surface area contributed by atoms with Crippen LogP contribution >= 0.6 is 36.0 Å². The van der Waals surface area contributed by atoms with Crippen LogP contribution in [0.1, 0.15) is 0 Å². The Morgan fingerprint density at radius 1 is 1.00 bits per heavy atom. The van der Waals surface area contributed by atoms with Gasteiger partial charge in [0.1, 0.15) is 0 Å². The van der Waals surface area contributed by atoms with Crippen LogP contribution in [0.3, 0.4) is 0 Å². The SMILES string of the molecule is C1=CSNSNS1. The predicted molar refractivity (Wildman–Crippen MR) is 38.2 cm³/mol. The van der Waals surface area contributed by atoms with Crippen molar-refractivity contribution in [1.82, 2.24) is 8.25 Å². The van der Waals surface area contributed by atoms with Gasteiger partial charge in [0, 0.05) is 12.1 Å². The molecule has 0 aromatic heterocycles. The van der Waals surface area contributed by atoms with E-state index in [1.165, 1.54) is 12.1 Å². The summed E-state index contributed by atoms with van der Waals surface area (Å²) in [7, 11) is 0. The fourth-order valence-electron chi connectivity index (χ4n) is 0.176. The molecular formula is C2H4N2S3. The summed E-state index contributed by atoms with van der Waals surface area (Å²) < 4.78 is 5.92. The van der Waals surface area contributed by atoms with Crippen molar-refractivity contribution in [3.05, 3.63) is 10.8 Å². The molecule has 1 aliphatic heterocycles. The molecule has 0 fully saturated rings. The molecule has 0 spiro atoms. The second kappa shape index (κ2) is 3.68. The molecule has 0 atom stereocenters. The fraction of sp³-hybridized carbons (Fsp3) is 0. The maximum absolute atomic E-state index is 2.96. The van der Waals surface area contributed by atoms with E-state index in [1.807, 2.05) is 10.8 Å². The number of nitrogens with one attached hydrogen (secondary N) is 2. The van der Waals surface area contributed by atoms with Gasteiger partial charge in [0.15, 0.2) is 0 Å². The topological polar surface area (TPSA) is 24.1 Å². The molecular weight excluding hydrogens is 148 g/mol. The van der Waals surface area contributed by atoms with Gasteiger partial charge in [-0.25, -0.2) is 0 Å². The third-order valence-electron chi connectivity index (χ3n) is 0.371. The van der Waals surface area contributed by atoms with Crippen molar-refractivity contribution in [3.8, 4) is 0 Å². The van der Waals surface area contributed by atoms with Crippen LogP contribution in [0.5, 0.6) is 0 Å². The standard InChI is InChI=1S/C2H4N2S3/c1-2-6-4-7-3-5-1/h1-4H. The normalized spacial score (nSPS) is 21.7. The van der Waals surface area contributed by atoms with Gasteiger partial charge in [-0.05, 0) is 34.7 Å². The maximum atomic E-state index is 2.96. The van der Waals surface area contributed by atoms with Crippen LogP contribution in [0.15, 0.2) is 10.8 Å². The quantitative estimate of drug-likeness (QED) is 0.512. The van der Waals surface area contributed by atoms with E-state index < -0.39 is 0 Å². The molecule has 0 amide bonds. The lowest BCUT2D eigenvalue weighted by molar-refractivity contribution is 1.66. The van der Waals surface area contributed by atoms with Gasteiger partial charge in [-0.2, -0.15) is 8.25 Å². The highest BCUT2D eigenvalue weighted by molar-refractivity contribution is 8.21. The Bertz CT molecular complexity index is 65.3. The highest BCUT2D eigenvalue weighted by Gasteiger charge is 1.87. The van der Waals surface area contributed by atoms with E-state index in [1.54, 1.807) is 23.9 Å². The van der Waals surface area contributed by atoms with E-state index in [0.717, 1.165) is 0 Å². The fourth-order valence-corrected chi connectivity index (χ4v) is 1.89. The summed E-state index contributed by atoms with van der Waals surface area (Å²) >= 11 is 4.61. The van der Waals surface area contributed by atoms with E-state index >= 15 is 0 Å². The Hall–Kier alpha value is 0.710. The first-order valence-corrected chi connectivity index (χ1v) is 4.20. The molecule has 5 heteroatoms. The van der Waals surface area contributed by atoms with Gasteiger partial charge in [0.05, 0.1) is 0 Å². The van der Waals surface area contributed by atoms with Crippen LogP contribution in [0, 0.1) is 0 Å². The molecule has 0 radical (unpaired) electrons. The highest BCUT2D eigenvalue weighted by atomic mass is 32.3. The minimum absolute atomic E-state index is 1.48. The molecule has 1 heterocycles. The summed E-state index contributed by atoms with van der Waals surface area (Å²) in [5.41, 5.74) is 0. The van der Waals surface area contributed by atoms with Crippen LogP contribution in [-0.4, -0.2) is 0 Å². The largest absolute Gasteiger partial charge is 0.190 e. The van der Waals surface area contributed by atoms with Crippen LogP contribution < -0.4 is 8.25 Å². The van der Waals surface area contributed by atoms with Crippen molar-refractivity contribution < 1.29 is 0 Å². The monoisotopic (exact) mass is 152 g/mol. The van der Waals surface area contributed by atoms with E-state index in [4.69, 9.17) is 0 Å². The van der Waals surface area contributed by atoms with Gasteiger partial charge in [-0.3, -0.25) is 0 Å². The predicted octanol–water partition coefficient (Wildman–Crippen LogP) is 1.51. The summed E-state index contributed by atoms with van der Waals surface area (Å²) in [5, 5.41) is 3.97. The minimum Gasteiger partial charge on any atom is -0.190 e. The molecule has 0 saturated carbocycles. The van der Waals surface area contributed by atoms with Crippen LogP contribution in [0.4, 0.5) is 0 Å².